The number of carbonyl (C=O) groups excluding carboxylic acids is 1. The Kier molecular flexibility index (Phi) is 6.04. The number of carbonyl (C=O) groups is 1. The zero-order valence-electron chi connectivity index (χ0n) is 16.9. The van der Waals surface area contributed by atoms with E-state index in [0.717, 1.165) is 22.5 Å². The van der Waals surface area contributed by atoms with Crippen LogP contribution < -0.4 is 10.2 Å². The summed E-state index contributed by atoms with van der Waals surface area (Å²) in [5, 5.41) is 2.97. The van der Waals surface area contributed by atoms with Crippen LogP contribution in [0.25, 0.3) is 0 Å². The first-order valence-electron chi connectivity index (χ1n) is 9.50. The van der Waals surface area contributed by atoms with E-state index in [4.69, 9.17) is 0 Å². The Balaban J connectivity index is 1.84. The highest BCUT2D eigenvalue weighted by Gasteiger charge is 2.16. The van der Waals surface area contributed by atoms with Crippen LogP contribution in [0.2, 0.25) is 0 Å². The summed E-state index contributed by atoms with van der Waals surface area (Å²) in [6.07, 6.45) is 0. The lowest BCUT2D eigenvalue weighted by atomic mass is 10.1. The average molecular weight is 374 g/mol. The van der Waals surface area contributed by atoms with Crippen molar-refractivity contribution in [2.24, 2.45) is 0 Å². The van der Waals surface area contributed by atoms with Crippen molar-refractivity contribution >= 4 is 17.5 Å². The second-order valence-electron chi connectivity index (χ2n) is 6.89. The Morgan fingerprint density at radius 1 is 1.00 bits per heavy atom. The Morgan fingerprint density at radius 3 is 2.50 bits per heavy atom. The molecule has 144 valence electrons. The van der Waals surface area contributed by atoms with E-state index in [-0.39, 0.29) is 5.91 Å². The monoisotopic (exact) mass is 374 g/mol. The van der Waals surface area contributed by atoms with E-state index in [1.807, 2.05) is 62.1 Å². The van der Waals surface area contributed by atoms with Gasteiger partial charge in [0.15, 0.2) is 0 Å². The van der Waals surface area contributed by atoms with E-state index in [1.54, 1.807) is 6.07 Å². The number of rotatable bonds is 6. The van der Waals surface area contributed by atoms with E-state index < -0.39 is 0 Å². The van der Waals surface area contributed by atoms with Gasteiger partial charge >= 0.3 is 0 Å². The minimum Gasteiger partial charge on any atom is -0.347 e. The minimum atomic E-state index is -0.199. The highest BCUT2D eigenvalue weighted by atomic mass is 16.1. The second-order valence-corrected chi connectivity index (χ2v) is 6.89. The van der Waals surface area contributed by atoms with Gasteiger partial charge in [0.1, 0.15) is 5.69 Å². The molecule has 0 saturated carbocycles. The highest BCUT2D eigenvalue weighted by molar-refractivity contribution is 5.92. The largest absolute Gasteiger partial charge is 0.347 e. The molecule has 0 spiro atoms. The van der Waals surface area contributed by atoms with Crippen molar-refractivity contribution in [3.63, 3.8) is 0 Å². The predicted octanol–water partition coefficient (Wildman–Crippen LogP) is 4.49. The van der Waals surface area contributed by atoms with Crippen molar-refractivity contribution in [2.45, 2.75) is 34.2 Å². The molecule has 1 amide bonds. The van der Waals surface area contributed by atoms with Gasteiger partial charge in [0, 0.05) is 24.5 Å². The SMILES string of the molecule is CCN(c1cccc(C)c1)c1nc(C)cc(C(=O)NCc2ccccc2C)n1. The molecule has 0 radical (unpaired) electrons. The summed E-state index contributed by atoms with van der Waals surface area (Å²) in [5.41, 5.74) is 5.56. The minimum absolute atomic E-state index is 0.199. The Morgan fingerprint density at radius 2 is 1.79 bits per heavy atom. The molecule has 28 heavy (non-hydrogen) atoms. The number of hydrogen-bond donors (Lipinski definition) is 1. The molecular formula is C23H26N4O. The summed E-state index contributed by atoms with van der Waals surface area (Å²) >= 11 is 0. The predicted molar refractivity (Wildman–Crippen MR) is 113 cm³/mol. The second kappa shape index (κ2) is 8.65. The van der Waals surface area contributed by atoms with E-state index in [2.05, 4.69) is 34.3 Å². The lowest BCUT2D eigenvalue weighted by Gasteiger charge is -2.22. The van der Waals surface area contributed by atoms with Gasteiger partial charge in [0.2, 0.25) is 5.95 Å². The third-order valence-corrected chi connectivity index (χ3v) is 4.65. The lowest BCUT2D eigenvalue weighted by molar-refractivity contribution is 0.0945. The molecule has 1 heterocycles. The maximum atomic E-state index is 12.7. The molecule has 0 aliphatic rings. The number of amides is 1. The van der Waals surface area contributed by atoms with Gasteiger partial charge in [-0.2, -0.15) is 0 Å². The molecule has 0 saturated heterocycles. The standard InChI is InChI=1S/C23H26N4O/c1-5-27(20-12-8-9-16(2)13-20)23-25-18(4)14-21(26-23)22(28)24-15-19-11-7-6-10-17(19)3/h6-14H,5,15H2,1-4H3,(H,24,28). The maximum Gasteiger partial charge on any atom is 0.270 e. The third kappa shape index (κ3) is 4.55. The van der Waals surface area contributed by atoms with Gasteiger partial charge in [0.05, 0.1) is 0 Å². The van der Waals surface area contributed by atoms with Gasteiger partial charge in [-0.25, -0.2) is 9.97 Å². The fourth-order valence-corrected chi connectivity index (χ4v) is 3.10. The smallest absolute Gasteiger partial charge is 0.270 e. The van der Waals surface area contributed by atoms with Crippen LogP contribution >= 0.6 is 0 Å². The van der Waals surface area contributed by atoms with Crippen molar-refractivity contribution in [1.82, 2.24) is 15.3 Å². The van der Waals surface area contributed by atoms with Gasteiger partial charge < -0.3 is 10.2 Å². The molecule has 2 aromatic carbocycles. The van der Waals surface area contributed by atoms with Gasteiger partial charge in [0.25, 0.3) is 5.91 Å². The maximum absolute atomic E-state index is 12.7. The fourth-order valence-electron chi connectivity index (χ4n) is 3.10. The van der Waals surface area contributed by atoms with Crippen molar-refractivity contribution in [3.05, 3.63) is 82.7 Å². The first kappa shape index (κ1) is 19.5. The molecule has 0 atom stereocenters. The molecule has 1 aromatic heterocycles. The van der Waals surface area contributed by atoms with Gasteiger partial charge in [-0.1, -0.05) is 36.4 Å². The van der Waals surface area contributed by atoms with Crippen LogP contribution in [0.5, 0.6) is 0 Å². The van der Waals surface area contributed by atoms with E-state index in [0.29, 0.717) is 24.7 Å². The van der Waals surface area contributed by atoms with Crippen LogP contribution in [-0.2, 0) is 6.54 Å². The molecular weight excluding hydrogens is 348 g/mol. The first-order chi connectivity index (χ1) is 13.5. The fraction of sp³-hybridized carbons (Fsp3) is 0.261. The van der Waals surface area contributed by atoms with Gasteiger partial charge in [-0.3, -0.25) is 4.79 Å². The zero-order valence-corrected chi connectivity index (χ0v) is 16.9. The normalized spacial score (nSPS) is 10.6. The van der Waals surface area contributed by atoms with E-state index in [1.165, 1.54) is 5.56 Å². The van der Waals surface area contributed by atoms with Crippen LogP contribution in [0.3, 0.4) is 0 Å². The molecule has 0 aliphatic carbocycles. The van der Waals surface area contributed by atoms with Crippen LogP contribution in [0, 0.1) is 20.8 Å². The van der Waals surface area contributed by atoms with Crippen LogP contribution in [0.1, 0.15) is 39.8 Å². The van der Waals surface area contributed by atoms with Gasteiger partial charge in [-0.05, 0) is 62.6 Å². The van der Waals surface area contributed by atoms with Crippen molar-refractivity contribution in [3.8, 4) is 0 Å². The lowest BCUT2D eigenvalue weighted by Crippen LogP contribution is -2.26. The number of anilines is 2. The average Bonchev–Trinajstić information content (AvgIpc) is 2.67. The molecule has 0 bridgehead atoms. The van der Waals surface area contributed by atoms with Crippen molar-refractivity contribution in [2.75, 3.05) is 11.4 Å². The van der Waals surface area contributed by atoms with E-state index in [9.17, 15) is 4.79 Å². The summed E-state index contributed by atoms with van der Waals surface area (Å²) < 4.78 is 0. The molecule has 5 nitrogen and oxygen atoms in total. The summed E-state index contributed by atoms with van der Waals surface area (Å²) in [5.74, 6) is 0.337. The Hall–Kier alpha value is -3.21. The molecule has 0 unspecified atom stereocenters. The molecule has 1 N–H and O–H groups in total. The number of aromatic nitrogens is 2. The van der Waals surface area contributed by atoms with Crippen LogP contribution in [-0.4, -0.2) is 22.4 Å². The molecule has 0 fully saturated rings. The van der Waals surface area contributed by atoms with Crippen LogP contribution in [0.15, 0.2) is 54.6 Å². The number of aryl methyl sites for hydroxylation is 3. The quantitative estimate of drug-likeness (QED) is 0.691. The highest BCUT2D eigenvalue weighted by Crippen LogP contribution is 2.23. The van der Waals surface area contributed by atoms with Gasteiger partial charge in [-0.15, -0.1) is 0 Å². The number of benzene rings is 2. The molecule has 0 aliphatic heterocycles. The molecule has 3 rings (SSSR count). The number of nitrogens with zero attached hydrogens (tertiary/aromatic N) is 3. The summed E-state index contributed by atoms with van der Waals surface area (Å²) in [6.45, 7) is 9.20. The summed E-state index contributed by atoms with van der Waals surface area (Å²) in [6, 6.07) is 17.9. The first-order valence-corrected chi connectivity index (χ1v) is 9.50. The molecule has 5 heteroatoms. The van der Waals surface area contributed by atoms with Crippen molar-refractivity contribution < 1.29 is 4.79 Å². The topological polar surface area (TPSA) is 58.1 Å². The number of hydrogen-bond acceptors (Lipinski definition) is 4. The van der Waals surface area contributed by atoms with E-state index >= 15 is 0 Å². The summed E-state index contributed by atoms with van der Waals surface area (Å²) in [7, 11) is 0. The zero-order chi connectivity index (χ0) is 20.1. The summed E-state index contributed by atoms with van der Waals surface area (Å²) in [4.78, 5) is 23.8. The van der Waals surface area contributed by atoms with Crippen molar-refractivity contribution in [1.29, 1.82) is 0 Å². The molecule has 3 aromatic rings. The Labute approximate surface area is 166 Å². The number of nitrogens with one attached hydrogen (secondary N) is 1. The van der Waals surface area contributed by atoms with Crippen LogP contribution in [0.4, 0.5) is 11.6 Å². The third-order valence-electron chi connectivity index (χ3n) is 4.65. The Bertz CT molecular complexity index is 984.